The number of aromatic amines is 1. The predicted octanol–water partition coefficient (Wildman–Crippen LogP) is 0.589. The van der Waals surface area contributed by atoms with Gasteiger partial charge in [-0.3, -0.25) is 9.59 Å². The van der Waals surface area contributed by atoms with Crippen LogP contribution in [0.25, 0.3) is 0 Å². The number of nitrogens with one attached hydrogen (secondary N) is 2. The van der Waals surface area contributed by atoms with Crippen molar-refractivity contribution in [2.24, 2.45) is 0 Å². The Labute approximate surface area is 106 Å². The quantitative estimate of drug-likeness (QED) is 0.824. The molecular weight excluding hydrogens is 230 g/mol. The van der Waals surface area contributed by atoms with Gasteiger partial charge >= 0.3 is 0 Å². The zero-order valence-electron chi connectivity index (χ0n) is 10.6. The van der Waals surface area contributed by atoms with Crippen LogP contribution in [0.4, 0.5) is 0 Å². The Kier molecular flexibility index (Phi) is 4.15. The highest BCUT2D eigenvalue weighted by atomic mass is 16.2. The van der Waals surface area contributed by atoms with Crippen LogP contribution in [0, 0.1) is 0 Å². The number of carbonyl (C=O) groups is 1. The van der Waals surface area contributed by atoms with E-state index >= 15 is 0 Å². The van der Waals surface area contributed by atoms with E-state index in [4.69, 9.17) is 0 Å². The molecule has 0 radical (unpaired) electrons. The molecule has 1 aliphatic rings. The molecule has 1 aromatic heterocycles. The van der Waals surface area contributed by atoms with Crippen LogP contribution < -0.4 is 10.9 Å². The molecule has 1 aromatic rings. The van der Waals surface area contributed by atoms with Gasteiger partial charge in [-0.1, -0.05) is 6.42 Å². The third-order valence-corrected chi connectivity index (χ3v) is 3.28. The lowest BCUT2D eigenvalue weighted by Crippen LogP contribution is -2.44. The first-order valence-electron chi connectivity index (χ1n) is 6.34. The summed E-state index contributed by atoms with van der Waals surface area (Å²) < 4.78 is 0. The number of H-pyrrole nitrogens is 1. The lowest BCUT2D eigenvalue weighted by atomic mass is 10.0. The molecular formula is C13H19N3O2. The topological polar surface area (TPSA) is 65.2 Å². The minimum Gasteiger partial charge on any atom is -0.340 e. The predicted molar refractivity (Wildman–Crippen MR) is 69.7 cm³/mol. The third-order valence-electron chi connectivity index (χ3n) is 3.28. The SMILES string of the molecule is CN(CC1CCCCN1)C(=O)c1cc[nH]c(=O)c1. The lowest BCUT2D eigenvalue weighted by molar-refractivity contribution is 0.0775. The van der Waals surface area contributed by atoms with Crippen LogP contribution in [-0.4, -0.2) is 42.0 Å². The molecule has 18 heavy (non-hydrogen) atoms. The Hall–Kier alpha value is -1.62. The van der Waals surface area contributed by atoms with Crippen molar-refractivity contribution in [1.82, 2.24) is 15.2 Å². The molecule has 1 saturated heterocycles. The van der Waals surface area contributed by atoms with Crippen molar-refractivity contribution in [2.45, 2.75) is 25.3 Å². The average molecular weight is 249 g/mol. The van der Waals surface area contributed by atoms with Crippen molar-refractivity contribution < 1.29 is 4.79 Å². The Morgan fingerprint density at radius 2 is 2.33 bits per heavy atom. The molecule has 0 aliphatic carbocycles. The van der Waals surface area contributed by atoms with Gasteiger partial charge in [-0.05, 0) is 25.5 Å². The maximum Gasteiger partial charge on any atom is 0.253 e. The molecule has 98 valence electrons. The maximum atomic E-state index is 12.1. The second-order valence-electron chi connectivity index (χ2n) is 4.77. The van der Waals surface area contributed by atoms with E-state index < -0.39 is 0 Å². The second kappa shape index (κ2) is 5.82. The molecule has 2 heterocycles. The van der Waals surface area contributed by atoms with Crippen LogP contribution in [-0.2, 0) is 0 Å². The number of amides is 1. The molecule has 1 aliphatic heterocycles. The van der Waals surface area contributed by atoms with Crippen LogP contribution >= 0.6 is 0 Å². The molecule has 0 spiro atoms. The number of pyridine rings is 1. The van der Waals surface area contributed by atoms with Gasteiger partial charge in [-0.25, -0.2) is 0 Å². The van der Waals surface area contributed by atoms with Gasteiger partial charge in [0.05, 0.1) is 0 Å². The van der Waals surface area contributed by atoms with Crippen LogP contribution in [0.3, 0.4) is 0 Å². The number of rotatable bonds is 3. The number of nitrogens with zero attached hydrogens (tertiary/aromatic N) is 1. The zero-order chi connectivity index (χ0) is 13.0. The fourth-order valence-electron chi connectivity index (χ4n) is 2.29. The third kappa shape index (κ3) is 3.20. The summed E-state index contributed by atoms with van der Waals surface area (Å²) in [5.74, 6) is -0.103. The molecule has 1 fully saturated rings. The Morgan fingerprint density at radius 3 is 3.00 bits per heavy atom. The van der Waals surface area contributed by atoms with E-state index in [-0.39, 0.29) is 11.5 Å². The number of aromatic nitrogens is 1. The highest BCUT2D eigenvalue weighted by Gasteiger charge is 2.18. The van der Waals surface area contributed by atoms with Crippen LogP contribution in [0.15, 0.2) is 23.1 Å². The van der Waals surface area contributed by atoms with Gasteiger partial charge in [0.15, 0.2) is 0 Å². The molecule has 1 unspecified atom stereocenters. The Balaban J connectivity index is 1.97. The van der Waals surface area contributed by atoms with E-state index in [1.165, 1.54) is 25.1 Å². The van der Waals surface area contributed by atoms with Crippen molar-refractivity contribution in [1.29, 1.82) is 0 Å². The summed E-state index contributed by atoms with van der Waals surface area (Å²) in [5.41, 5.74) is 0.196. The Morgan fingerprint density at radius 1 is 1.50 bits per heavy atom. The lowest BCUT2D eigenvalue weighted by Gasteiger charge is -2.28. The highest BCUT2D eigenvalue weighted by Crippen LogP contribution is 2.09. The monoisotopic (exact) mass is 249 g/mol. The van der Waals surface area contributed by atoms with Crippen LogP contribution in [0.1, 0.15) is 29.6 Å². The van der Waals surface area contributed by atoms with Crippen molar-refractivity contribution in [3.63, 3.8) is 0 Å². The Bertz CT molecular complexity index is 463. The fourth-order valence-corrected chi connectivity index (χ4v) is 2.29. The van der Waals surface area contributed by atoms with Crippen molar-refractivity contribution in [2.75, 3.05) is 20.1 Å². The molecule has 1 amide bonds. The van der Waals surface area contributed by atoms with Gasteiger partial charge in [-0.15, -0.1) is 0 Å². The maximum absolute atomic E-state index is 12.1. The van der Waals surface area contributed by atoms with Crippen LogP contribution in [0.2, 0.25) is 0 Å². The fraction of sp³-hybridized carbons (Fsp3) is 0.538. The summed E-state index contributed by atoms with van der Waals surface area (Å²) in [6.45, 7) is 1.71. The van der Waals surface area contributed by atoms with Gasteiger partial charge < -0.3 is 15.2 Å². The first-order valence-corrected chi connectivity index (χ1v) is 6.34. The number of likely N-dealkylation sites (N-methyl/N-ethyl adjacent to an activating group) is 1. The van der Waals surface area contributed by atoms with Crippen molar-refractivity contribution in [3.8, 4) is 0 Å². The first kappa shape index (κ1) is 12.8. The smallest absolute Gasteiger partial charge is 0.253 e. The summed E-state index contributed by atoms with van der Waals surface area (Å²) in [6, 6.07) is 3.34. The van der Waals surface area contributed by atoms with Crippen LogP contribution in [0.5, 0.6) is 0 Å². The van der Waals surface area contributed by atoms with E-state index in [9.17, 15) is 9.59 Å². The number of carbonyl (C=O) groups excluding carboxylic acids is 1. The van der Waals surface area contributed by atoms with E-state index in [0.29, 0.717) is 18.2 Å². The summed E-state index contributed by atoms with van der Waals surface area (Å²) in [6.07, 6.45) is 5.03. The van der Waals surface area contributed by atoms with Gasteiger partial charge in [0, 0.05) is 37.5 Å². The number of hydrogen-bond donors (Lipinski definition) is 2. The highest BCUT2D eigenvalue weighted by molar-refractivity contribution is 5.93. The van der Waals surface area contributed by atoms with E-state index in [2.05, 4.69) is 10.3 Å². The summed E-state index contributed by atoms with van der Waals surface area (Å²) in [4.78, 5) is 27.5. The molecule has 0 saturated carbocycles. The average Bonchev–Trinajstić information content (AvgIpc) is 2.39. The minimum atomic E-state index is -0.245. The van der Waals surface area contributed by atoms with Gasteiger partial charge in [0.25, 0.3) is 5.91 Å². The van der Waals surface area contributed by atoms with Gasteiger partial charge in [-0.2, -0.15) is 0 Å². The molecule has 0 aromatic carbocycles. The van der Waals surface area contributed by atoms with Crippen molar-refractivity contribution in [3.05, 3.63) is 34.2 Å². The first-order chi connectivity index (χ1) is 8.66. The standard InChI is InChI=1S/C13H19N3O2/c1-16(9-11-4-2-3-6-14-11)13(18)10-5-7-15-12(17)8-10/h5,7-8,11,14H,2-4,6,9H2,1H3,(H,15,17). The van der Waals surface area contributed by atoms with Gasteiger partial charge in [0.1, 0.15) is 0 Å². The molecule has 0 bridgehead atoms. The molecule has 1 atom stereocenters. The number of hydrogen-bond acceptors (Lipinski definition) is 3. The second-order valence-corrected chi connectivity index (χ2v) is 4.77. The molecule has 2 N–H and O–H groups in total. The number of piperidine rings is 1. The normalized spacial score (nSPS) is 19.5. The molecule has 5 nitrogen and oxygen atoms in total. The summed E-state index contributed by atoms with van der Waals surface area (Å²) in [5, 5.41) is 3.41. The van der Waals surface area contributed by atoms with Gasteiger partial charge in [0.2, 0.25) is 5.56 Å². The van der Waals surface area contributed by atoms with E-state index in [1.54, 1.807) is 18.0 Å². The summed E-state index contributed by atoms with van der Waals surface area (Å²) >= 11 is 0. The molecule has 2 rings (SSSR count). The van der Waals surface area contributed by atoms with E-state index in [1.807, 2.05) is 0 Å². The largest absolute Gasteiger partial charge is 0.340 e. The summed E-state index contributed by atoms with van der Waals surface area (Å²) in [7, 11) is 1.78. The minimum absolute atomic E-state index is 0.103. The van der Waals surface area contributed by atoms with E-state index in [0.717, 1.165) is 13.0 Å². The zero-order valence-corrected chi connectivity index (χ0v) is 10.6. The molecule has 5 heteroatoms. The van der Waals surface area contributed by atoms with Crippen molar-refractivity contribution >= 4 is 5.91 Å².